The summed E-state index contributed by atoms with van der Waals surface area (Å²) >= 11 is 1.57. The van der Waals surface area contributed by atoms with Crippen LogP contribution in [0.3, 0.4) is 0 Å². The Morgan fingerprint density at radius 3 is 2.81 bits per heavy atom. The van der Waals surface area contributed by atoms with Crippen LogP contribution in [0.4, 0.5) is 5.13 Å². The van der Waals surface area contributed by atoms with Gasteiger partial charge in [0.05, 0.1) is 6.54 Å². The Bertz CT molecular complexity index is 643. The van der Waals surface area contributed by atoms with E-state index in [9.17, 15) is 9.59 Å². The molecule has 0 aromatic carbocycles. The van der Waals surface area contributed by atoms with E-state index in [0.717, 1.165) is 43.9 Å². The minimum Gasteiger partial charge on any atom is -0.480 e. The second-order valence-corrected chi connectivity index (χ2v) is 8.64. The third-order valence-electron chi connectivity index (χ3n) is 5.72. The van der Waals surface area contributed by atoms with Crippen LogP contribution in [0.1, 0.15) is 38.5 Å². The molecule has 2 aliphatic carbocycles. The molecule has 2 N–H and O–H groups in total. The van der Waals surface area contributed by atoms with Gasteiger partial charge in [0, 0.05) is 36.8 Å². The quantitative estimate of drug-likeness (QED) is 0.714. The van der Waals surface area contributed by atoms with Crippen LogP contribution in [0.15, 0.2) is 11.6 Å². The molecule has 2 heterocycles. The molecule has 26 heavy (non-hydrogen) atoms. The van der Waals surface area contributed by atoms with Crippen LogP contribution in [0, 0.1) is 5.92 Å². The fourth-order valence-electron chi connectivity index (χ4n) is 4.08. The molecule has 4 rings (SSSR count). The lowest BCUT2D eigenvalue weighted by Gasteiger charge is -2.43. The van der Waals surface area contributed by atoms with Crippen molar-refractivity contribution >= 4 is 28.3 Å². The van der Waals surface area contributed by atoms with Gasteiger partial charge in [-0.15, -0.1) is 11.3 Å². The second kappa shape index (κ2) is 7.52. The highest BCUT2D eigenvalue weighted by Gasteiger charge is 2.40. The van der Waals surface area contributed by atoms with Gasteiger partial charge in [0.15, 0.2) is 5.13 Å². The van der Waals surface area contributed by atoms with Crippen molar-refractivity contribution in [3.05, 3.63) is 11.6 Å². The van der Waals surface area contributed by atoms with Gasteiger partial charge in [-0.25, -0.2) is 4.98 Å². The van der Waals surface area contributed by atoms with Gasteiger partial charge in [0.25, 0.3) is 0 Å². The number of hydrogen-bond acceptors (Lipinski definition) is 6. The maximum Gasteiger partial charge on any atom is 0.317 e. The summed E-state index contributed by atoms with van der Waals surface area (Å²) in [5.41, 5.74) is 0. The van der Waals surface area contributed by atoms with E-state index in [0.29, 0.717) is 5.92 Å². The van der Waals surface area contributed by atoms with Crippen molar-refractivity contribution in [2.24, 2.45) is 5.92 Å². The topological polar surface area (TPSA) is 85.8 Å². The van der Waals surface area contributed by atoms with Gasteiger partial charge in [0.1, 0.15) is 6.04 Å². The van der Waals surface area contributed by atoms with E-state index in [2.05, 4.69) is 20.1 Å². The van der Waals surface area contributed by atoms with Gasteiger partial charge in [-0.1, -0.05) is 0 Å². The molecule has 1 aliphatic heterocycles. The van der Waals surface area contributed by atoms with E-state index in [1.54, 1.807) is 17.5 Å². The average molecular weight is 378 g/mol. The van der Waals surface area contributed by atoms with Gasteiger partial charge < -0.3 is 15.3 Å². The molecular formula is C18H26N4O3S. The molecule has 0 radical (unpaired) electrons. The smallest absolute Gasteiger partial charge is 0.317 e. The van der Waals surface area contributed by atoms with E-state index in [1.165, 1.54) is 12.8 Å². The molecule has 8 heteroatoms. The van der Waals surface area contributed by atoms with Crippen molar-refractivity contribution in [2.45, 2.75) is 56.7 Å². The summed E-state index contributed by atoms with van der Waals surface area (Å²) < 4.78 is 0. The summed E-state index contributed by atoms with van der Waals surface area (Å²) in [4.78, 5) is 32.4. The number of rotatable bonds is 8. The van der Waals surface area contributed by atoms with Crippen LogP contribution >= 0.6 is 11.3 Å². The lowest BCUT2D eigenvalue weighted by atomic mass is 9.85. The van der Waals surface area contributed by atoms with Crippen molar-refractivity contribution in [1.82, 2.24) is 15.2 Å². The zero-order chi connectivity index (χ0) is 18.1. The van der Waals surface area contributed by atoms with E-state index in [1.807, 2.05) is 5.38 Å². The molecule has 3 fully saturated rings. The molecule has 1 saturated heterocycles. The van der Waals surface area contributed by atoms with Crippen LogP contribution in [-0.4, -0.2) is 64.6 Å². The van der Waals surface area contributed by atoms with Crippen LogP contribution in [0.25, 0.3) is 0 Å². The SMILES string of the molecule is O=C(O)CN(CC1CC1)C1CC(NC(=O)C2CCCN2c2nccs2)C1. The molecule has 1 unspecified atom stereocenters. The summed E-state index contributed by atoms with van der Waals surface area (Å²) in [6.07, 6.45) is 7.81. The first-order chi connectivity index (χ1) is 12.6. The molecule has 3 aliphatic rings. The highest BCUT2D eigenvalue weighted by atomic mass is 32.1. The first kappa shape index (κ1) is 17.7. The Labute approximate surface area is 157 Å². The molecule has 2 saturated carbocycles. The van der Waals surface area contributed by atoms with Gasteiger partial charge in [-0.3, -0.25) is 14.5 Å². The zero-order valence-electron chi connectivity index (χ0n) is 14.8. The second-order valence-electron chi connectivity index (χ2n) is 7.76. The van der Waals surface area contributed by atoms with Crippen molar-refractivity contribution in [1.29, 1.82) is 0 Å². The van der Waals surface area contributed by atoms with E-state index >= 15 is 0 Å². The van der Waals surface area contributed by atoms with Crippen molar-refractivity contribution in [3.63, 3.8) is 0 Å². The lowest BCUT2D eigenvalue weighted by molar-refractivity contribution is -0.140. The van der Waals surface area contributed by atoms with Gasteiger partial charge >= 0.3 is 5.97 Å². The fourth-order valence-corrected chi connectivity index (χ4v) is 4.79. The first-order valence-corrected chi connectivity index (χ1v) is 10.4. The van der Waals surface area contributed by atoms with E-state index in [-0.39, 0.29) is 30.6 Å². The molecular weight excluding hydrogens is 352 g/mol. The normalized spacial score (nSPS) is 28.2. The number of carbonyl (C=O) groups excluding carboxylic acids is 1. The predicted octanol–water partition coefficient (Wildman–Crippen LogP) is 1.56. The number of aliphatic carboxylic acids is 1. The number of nitrogens with zero attached hydrogens (tertiary/aromatic N) is 3. The maximum absolute atomic E-state index is 12.7. The highest BCUT2D eigenvalue weighted by Crippen LogP contribution is 2.34. The van der Waals surface area contributed by atoms with Crippen LogP contribution in [0.5, 0.6) is 0 Å². The van der Waals surface area contributed by atoms with E-state index in [4.69, 9.17) is 5.11 Å². The minimum atomic E-state index is -0.761. The summed E-state index contributed by atoms with van der Waals surface area (Å²) in [6.45, 7) is 1.88. The maximum atomic E-state index is 12.7. The molecule has 1 atom stereocenters. The Morgan fingerprint density at radius 2 is 2.15 bits per heavy atom. The largest absolute Gasteiger partial charge is 0.480 e. The third kappa shape index (κ3) is 4.01. The van der Waals surface area contributed by atoms with Gasteiger partial charge in [0.2, 0.25) is 5.91 Å². The van der Waals surface area contributed by atoms with Crippen LogP contribution in [0.2, 0.25) is 0 Å². The lowest BCUT2D eigenvalue weighted by Crippen LogP contribution is -2.57. The Hall–Kier alpha value is -1.67. The first-order valence-electron chi connectivity index (χ1n) is 9.52. The van der Waals surface area contributed by atoms with Crippen molar-refractivity contribution < 1.29 is 14.7 Å². The monoisotopic (exact) mass is 378 g/mol. The number of anilines is 1. The summed E-state index contributed by atoms with van der Waals surface area (Å²) in [5.74, 6) is 0.00430. The minimum absolute atomic E-state index is 0.0909. The number of carboxylic acids is 1. The number of hydrogen-bond donors (Lipinski definition) is 2. The standard InChI is InChI=1S/C18H26N4O3S/c23-16(24)11-21(10-12-3-4-12)14-8-13(9-14)20-17(25)15-2-1-6-22(15)18-19-5-7-26-18/h5,7,12-15H,1-4,6,8-11H2,(H,20,25)(H,23,24). The number of nitrogens with one attached hydrogen (secondary N) is 1. The van der Waals surface area contributed by atoms with Crippen molar-refractivity contribution in [3.8, 4) is 0 Å². The molecule has 1 aromatic heterocycles. The highest BCUT2D eigenvalue weighted by molar-refractivity contribution is 7.13. The summed E-state index contributed by atoms with van der Waals surface area (Å²) in [7, 11) is 0. The Balaban J connectivity index is 1.27. The van der Waals surface area contributed by atoms with E-state index < -0.39 is 5.97 Å². The molecule has 1 amide bonds. The zero-order valence-corrected chi connectivity index (χ0v) is 15.7. The number of aromatic nitrogens is 1. The summed E-state index contributed by atoms with van der Waals surface area (Å²) in [6, 6.07) is 0.333. The van der Waals surface area contributed by atoms with Crippen molar-refractivity contribution in [2.75, 3.05) is 24.5 Å². The van der Waals surface area contributed by atoms with Crippen LogP contribution in [-0.2, 0) is 9.59 Å². The number of carboxylic acid groups (broad SMARTS) is 1. The fraction of sp³-hybridized carbons (Fsp3) is 0.722. The molecule has 0 bridgehead atoms. The predicted molar refractivity (Wildman–Crippen MR) is 99.4 cm³/mol. The Kier molecular flexibility index (Phi) is 5.13. The summed E-state index contributed by atoms with van der Waals surface area (Å²) in [5, 5.41) is 15.2. The van der Waals surface area contributed by atoms with Gasteiger partial charge in [-0.05, 0) is 44.4 Å². The van der Waals surface area contributed by atoms with Crippen LogP contribution < -0.4 is 10.2 Å². The molecule has 1 aromatic rings. The molecule has 7 nitrogen and oxygen atoms in total. The Morgan fingerprint density at radius 1 is 1.35 bits per heavy atom. The number of carbonyl (C=O) groups is 2. The average Bonchev–Trinajstić information content (AvgIpc) is 3.03. The molecule has 0 spiro atoms. The van der Waals surface area contributed by atoms with Gasteiger partial charge in [-0.2, -0.15) is 0 Å². The number of thiazole rings is 1. The number of amides is 1. The molecule has 142 valence electrons. The third-order valence-corrected chi connectivity index (χ3v) is 6.53.